The highest BCUT2D eigenvalue weighted by Crippen LogP contribution is 2.34. The summed E-state index contributed by atoms with van der Waals surface area (Å²) in [5, 5.41) is 22.8. The van der Waals surface area contributed by atoms with Crippen molar-refractivity contribution in [3.63, 3.8) is 0 Å². The van der Waals surface area contributed by atoms with Gasteiger partial charge in [-0.3, -0.25) is 10.1 Å². The number of aliphatic hydroxyl groups is 1. The van der Waals surface area contributed by atoms with Crippen LogP contribution in [0.5, 0.6) is 5.75 Å². The molecule has 0 bridgehead atoms. The maximum Gasteiger partial charge on any atom is 0.333 e. The quantitative estimate of drug-likeness (QED) is 0.585. The standard InChI is InChI=1S/C11H16N2O4/c1-8(6-7-14)12-9-4-3-5-10(17-2)11(9)13(15)16/h3-5,8,12,14H,6-7H2,1-2H3. The number of anilines is 1. The molecule has 1 aromatic rings. The molecule has 0 fully saturated rings. The molecule has 0 saturated heterocycles. The molecule has 0 amide bonds. The van der Waals surface area contributed by atoms with Gasteiger partial charge < -0.3 is 15.2 Å². The molecule has 1 aromatic carbocycles. The molecular weight excluding hydrogens is 224 g/mol. The van der Waals surface area contributed by atoms with Crippen molar-refractivity contribution in [3.05, 3.63) is 28.3 Å². The fraction of sp³-hybridized carbons (Fsp3) is 0.455. The molecule has 6 nitrogen and oxygen atoms in total. The molecule has 17 heavy (non-hydrogen) atoms. The number of nitrogens with one attached hydrogen (secondary N) is 1. The molecule has 0 radical (unpaired) electrons. The van der Waals surface area contributed by atoms with Crippen LogP contribution in [-0.2, 0) is 0 Å². The highest BCUT2D eigenvalue weighted by atomic mass is 16.6. The number of hydrogen-bond donors (Lipinski definition) is 2. The second kappa shape index (κ2) is 6.05. The first-order valence-electron chi connectivity index (χ1n) is 5.29. The van der Waals surface area contributed by atoms with E-state index in [1.807, 2.05) is 6.92 Å². The normalized spacial score (nSPS) is 11.9. The fourth-order valence-electron chi connectivity index (χ4n) is 1.52. The number of nitrogens with zero attached hydrogens (tertiary/aromatic N) is 1. The van der Waals surface area contributed by atoms with Gasteiger partial charge in [0.1, 0.15) is 5.69 Å². The van der Waals surface area contributed by atoms with Crippen LogP contribution in [0.15, 0.2) is 18.2 Å². The first-order chi connectivity index (χ1) is 8.10. The van der Waals surface area contributed by atoms with Crippen molar-refractivity contribution in [3.8, 4) is 5.75 Å². The summed E-state index contributed by atoms with van der Waals surface area (Å²) in [5.41, 5.74) is 0.315. The van der Waals surface area contributed by atoms with E-state index in [0.717, 1.165) is 0 Å². The van der Waals surface area contributed by atoms with Gasteiger partial charge in [-0.2, -0.15) is 0 Å². The third-order valence-corrected chi connectivity index (χ3v) is 2.37. The van der Waals surface area contributed by atoms with Crippen molar-refractivity contribution < 1.29 is 14.8 Å². The van der Waals surface area contributed by atoms with Gasteiger partial charge in [0.2, 0.25) is 0 Å². The average Bonchev–Trinajstić information content (AvgIpc) is 2.28. The summed E-state index contributed by atoms with van der Waals surface area (Å²) in [5.74, 6) is 0.219. The molecule has 6 heteroatoms. The molecule has 0 saturated carbocycles. The van der Waals surface area contributed by atoms with Crippen molar-refractivity contribution >= 4 is 11.4 Å². The van der Waals surface area contributed by atoms with Crippen LogP contribution < -0.4 is 10.1 Å². The molecule has 0 aromatic heterocycles. The summed E-state index contributed by atoms with van der Waals surface area (Å²) in [7, 11) is 1.39. The fourth-order valence-corrected chi connectivity index (χ4v) is 1.52. The van der Waals surface area contributed by atoms with Crippen LogP contribution in [-0.4, -0.2) is 29.8 Å². The number of ether oxygens (including phenoxy) is 1. The molecule has 0 aliphatic rings. The maximum absolute atomic E-state index is 11.0. The summed E-state index contributed by atoms with van der Waals surface area (Å²) < 4.78 is 4.96. The predicted molar refractivity (Wildman–Crippen MR) is 64.4 cm³/mol. The Morgan fingerprint density at radius 1 is 1.59 bits per heavy atom. The average molecular weight is 240 g/mol. The number of benzene rings is 1. The van der Waals surface area contributed by atoms with Gasteiger partial charge in [-0.25, -0.2) is 0 Å². The van der Waals surface area contributed by atoms with Crippen LogP contribution in [0.2, 0.25) is 0 Å². The predicted octanol–water partition coefficient (Wildman–Crippen LogP) is 1.79. The van der Waals surface area contributed by atoms with E-state index in [9.17, 15) is 10.1 Å². The Kier molecular flexibility index (Phi) is 4.71. The van der Waals surface area contributed by atoms with Gasteiger partial charge in [-0.15, -0.1) is 0 Å². The molecule has 0 spiro atoms. The van der Waals surface area contributed by atoms with Gasteiger partial charge in [0.05, 0.1) is 12.0 Å². The number of hydrogen-bond acceptors (Lipinski definition) is 5. The topological polar surface area (TPSA) is 84.6 Å². The van der Waals surface area contributed by atoms with Gasteiger partial charge in [-0.1, -0.05) is 6.07 Å². The van der Waals surface area contributed by atoms with Crippen LogP contribution in [0, 0.1) is 10.1 Å². The number of nitro benzene ring substituents is 1. The lowest BCUT2D eigenvalue weighted by Gasteiger charge is -2.14. The lowest BCUT2D eigenvalue weighted by molar-refractivity contribution is -0.384. The molecule has 94 valence electrons. The molecule has 1 atom stereocenters. The van der Waals surface area contributed by atoms with E-state index in [-0.39, 0.29) is 24.1 Å². The second-order valence-corrected chi connectivity index (χ2v) is 3.67. The minimum absolute atomic E-state index is 0.0337. The van der Waals surface area contributed by atoms with Crippen LogP contribution in [0.1, 0.15) is 13.3 Å². The number of para-hydroxylation sites is 1. The monoisotopic (exact) mass is 240 g/mol. The lowest BCUT2D eigenvalue weighted by atomic mass is 10.2. The van der Waals surface area contributed by atoms with Crippen molar-refractivity contribution in [2.45, 2.75) is 19.4 Å². The van der Waals surface area contributed by atoms with E-state index in [0.29, 0.717) is 12.1 Å². The highest BCUT2D eigenvalue weighted by Gasteiger charge is 2.21. The van der Waals surface area contributed by atoms with Crippen LogP contribution in [0.4, 0.5) is 11.4 Å². The summed E-state index contributed by atoms with van der Waals surface area (Å²) >= 11 is 0. The summed E-state index contributed by atoms with van der Waals surface area (Å²) in [6.07, 6.45) is 0.522. The second-order valence-electron chi connectivity index (χ2n) is 3.67. The van der Waals surface area contributed by atoms with Crippen LogP contribution in [0.25, 0.3) is 0 Å². The largest absolute Gasteiger partial charge is 0.490 e. The summed E-state index contributed by atoms with van der Waals surface area (Å²) in [6.45, 7) is 1.88. The minimum Gasteiger partial charge on any atom is -0.490 e. The molecule has 1 rings (SSSR count). The van der Waals surface area contributed by atoms with E-state index in [1.54, 1.807) is 18.2 Å². The Bertz CT molecular complexity index is 395. The molecule has 1 unspecified atom stereocenters. The van der Waals surface area contributed by atoms with Gasteiger partial charge >= 0.3 is 5.69 Å². The zero-order valence-electron chi connectivity index (χ0n) is 9.84. The first-order valence-corrected chi connectivity index (χ1v) is 5.29. The van der Waals surface area contributed by atoms with Crippen LogP contribution >= 0.6 is 0 Å². The Hall–Kier alpha value is -1.82. The van der Waals surface area contributed by atoms with E-state index in [2.05, 4.69) is 5.32 Å². The van der Waals surface area contributed by atoms with E-state index < -0.39 is 4.92 Å². The number of rotatable bonds is 6. The number of aliphatic hydroxyl groups excluding tert-OH is 1. The Labute approximate surface area is 99.4 Å². The van der Waals surface area contributed by atoms with Crippen molar-refractivity contribution in [2.75, 3.05) is 19.0 Å². The summed E-state index contributed by atoms with van der Waals surface area (Å²) in [4.78, 5) is 10.5. The SMILES string of the molecule is COc1cccc(NC(C)CCO)c1[N+](=O)[O-]. The Balaban J connectivity index is 3.02. The van der Waals surface area contributed by atoms with Gasteiger partial charge in [0.25, 0.3) is 0 Å². The van der Waals surface area contributed by atoms with Gasteiger partial charge in [0.15, 0.2) is 5.75 Å². The maximum atomic E-state index is 11.0. The van der Waals surface area contributed by atoms with E-state index >= 15 is 0 Å². The number of nitro groups is 1. The van der Waals surface area contributed by atoms with E-state index in [1.165, 1.54) is 7.11 Å². The third-order valence-electron chi connectivity index (χ3n) is 2.37. The Morgan fingerprint density at radius 2 is 2.29 bits per heavy atom. The van der Waals surface area contributed by atoms with Crippen molar-refractivity contribution in [1.82, 2.24) is 0 Å². The molecule has 0 aliphatic heterocycles. The van der Waals surface area contributed by atoms with Crippen molar-refractivity contribution in [1.29, 1.82) is 0 Å². The molecule has 0 heterocycles. The van der Waals surface area contributed by atoms with Crippen molar-refractivity contribution in [2.24, 2.45) is 0 Å². The lowest BCUT2D eigenvalue weighted by Crippen LogP contribution is -2.17. The number of methoxy groups -OCH3 is 1. The van der Waals surface area contributed by atoms with Crippen LogP contribution in [0.3, 0.4) is 0 Å². The summed E-state index contributed by atoms with van der Waals surface area (Å²) in [6, 6.07) is 4.79. The zero-order chi connectivity index (χ0) is 12.8. The molecule has 0 aliphatic carbocycles. The molecule has 2 N–H and O–H groups in total. The minimum atomic E-state index is -0.479. The highest BCUT2D eigenvalue weighted by molar-refractivity contribution is 5.68. The Morgan fingerprint density at radius 3 is 2.82 bits per heavy atom. The third kappa shape index (κ3) is 3.32. The molecular formula is C11H16N2O4. The smallest absolute Gasteiger partial charge is 0.333 e. The van der Waals surface area contributed by atoms with Gasteiger partial charge in [-0.05, 0) is 25.5 Å². The first kappa shape index (κ1) is 13.2. The van der Waals surface area contributed by atoms with E-state index in [4.69, 9.17) is 9.84 Å². The van der Waals surface area contributed by atoms with Gasteiger partial charge in [0, 0.05) is 12.6 Å². The zero-order valence-corrected chi connectivity index (χ0v) is 9.84.